The quantitative estimate of drug-likeness (QED) is 0.375. The molecule has 0 saturated carbocycles. The van der Waals surface area contributed by atoms with Gasteiger partial charge in [-0.3, -0.25) is 15.0 Å². The number of benzene rings is 2. The van der Waals surface area contributed by atoms with Crippen molar-refractivity contribution in [2.24, 2.45) is 5.73 Å². The van der Waals surface area contributed by atoms with Crippen molar-refractivity contribution in [1.29, 1.82) is 5.41 Å². The molecule has 1 amide bonds. The molecule has 0 radical (unpaired) electrons. The zero-order valence-electron chi connectivity index (χ0n) is 16.2. The Morgan fingerprint density at radius 1 is 1.14 bits per heavy atom. The number of carbonyl (C=O) groups excluding carboxylic acids is 2. The molecule has 0 spiro atoms. The van der Waals surface area contributed by atoms with Gasteiger partial charge in [0.25, 0.3) is 5.91 Å². The molecule has 29 heavy (non-hydrogen) atoms. The maximum absolute atomic E-state index is 13.1. The first-order valence-corrected chi connectivity index (χ1v) is 8.89. The third kappa shape index (κ3) is 4.21. The number of nitrogens with two attached hydrogens (primary N) is 1. The highest BCUT2D eigenvalue weighted by Gasteiger charge is 2.33. The van der Waals surface area contributed by atoms with Gasteiger partial charge < -0.3 is 25.4 Å². The van der Waals surface area contributed by atoms with Crippen molar-refractivity contribution in [3.63, 3.8) is 0 Å². The van der Waals surface area contributed by atoms with Crippen LogP contribution >= 0.6 is 0 Å². The fourth-order valence-corrected chi connectivity index (χ4v) is 3.03. The summed E-state index contributed by atoms with van der Waals surface area (Å²) in [6.07, 6.45) is 0. The number of nitrogen functional groups attached to an aromatic ring is 1. The maximum Gasteiger partial charge on any atom is 0.325 e. The van der Waals surface area contributed by atoms with Crippen molar-refractivity contribution in [3.8, 4) is 0 Å². The predicted octanol–water partition coefficient (Wildman–Crippen LogP) is 1.96. The largest absolute Gasteiger partial charge is 0.498 e. The standard InChI is InChI=1S/C21H22N4O4/c1-28-17-12-25(16-9-5-14(6-10-16)20(22)23)21(27)19(17)13-3-7-15(8-4-13)24-11-18(26)29-2/h3-10,24H,11-12H2,1-2H3,(H3,22,23). The summed E-state index contributed by atoms with van der Waals surface area (Å²) >= 11 is 0. The minimum atomic E-state index is -0.365. The van der Waals surface area contributed by atoms with E-state index in [1.807, 2.05) is 0 Å². The van der Waals surface area contributed by atoms with Gasteiger partial charge in [0.15, 0.2) is 0 Å². The Balaban J connectivity index is 1.80. The number of hydrogen-bond acceptors (Lipinski definition) is 6. The second kappa shape index (κ2) is 8.47. The van der Waals surface area contributed by atoms with Gasteiger partial charge in [-0.05, 0) is 42.0 Å². The van der Waals surface area contributed by atoms with Gasteiger partial charge in [0.1, 0.15) is 18.1 Å². The first-order valence-electron chi connectivity index (χ1n) is 8.89. The second-order valence-electron chi connectivity index (χ2n) is 6.36. The summed E-state index contributed by atoms with van der Waals surface area (Å²) in [7, 11) is 2.87. The van der Waals surface area contributed by atoms with Crippen LogP contribution in [0, 0.1) is 5.41 Å². The molecule has 0 atom stereocenters. The zero-order valence-corrected chi connectivity index (χ0v) is 16.2. The molecule has 2 aromatic carbocycles. The summed E-state index contributed by atoms with van der Waals surface area (Å²) in [4.78, 5) is 25.9. The molecule has 0 saturated heterocycles. The summed E-state index contributed by atoms with van der Waals surface area (Å²) in [5.74, 6) is 0.00561. The van der Waals surface area contributed by atoms with Crippen LogP contribution in [0.4, 0.5) is 11.4 Å². The summed E-state index contributed by atoms with van der Waals surface area (Å²) in [6.45, 7) is 0.372. The smallest absolute Gasteiger partial charge is 0.325 e. The Labute approximate surface area is 168 Å². The highest BCUT2D eigenvalue weighted by molar-refractivity contribution is 6.29. The molecule has 1 aliphatic rings. The summed E-state index contributed by atoms with van der Waals surface area (Å²) in [6, 6.07) is 14.1. The van der Waals surface area contributed by atoms with Crippen LogP contribution in [-0.4, -0.2) is 45.0 Å². The first-order chi connectivity index (χ1) is 13.9. The number of amidine groups is 1. The number of nitrogens with zero attached hydrogens (tertiary/aromatic N) is 1. The lowest BCUT2D eigenvalue weighted by Crippen LogP contribution is -2.26. The molecule has 8 nitrogen and oxygen atoms in total. The SMILES string of the molecule is COC(=O)CNc1ccc(C2=C(OC)CN(c3ccc(C(=N)N)cc3)C2=O)cc1. The van der Waals surface area contributed by atoms with Gasteiger partial charge in [-0.1, -0.05) is 12.1 Å². The van der Waals surface area contributed by atoms with Crippen LogP contribution in [0.25, 0.3) is 5.57 Å². The lowest BCUT2D eigenvalue weighted by Gasteiger charge is -2.17. The van der Waals surface area contributed by atoms with Crippen molar-refractivity contribution in [3.05, 3.63) is 65.4 Å². The molecule has 0 aromatic heterocycles. The molecule has 0 fully saturated rings. The van der Waals surface area contributed by atoms with E-state index in [1.165, 1.54) is 14.2 Å². The third-order valence-corrected chi connectivity index (χ3v) is 4.61. The van der Waals surface area contributed by atoms with Gasteiger partial charge in [0.05, 0.1) is 26.3 Å². The minimum absolute atomic E-state index is 0.0263. The number of esters is 1. The number of nitrogens with one attached hydrogen (secondary N) is 2. The maximum atomic E-state index is 13.1. The van der Waals surface area contributed by atoms with Crippen molar-refractivity contribution in [1.82, 2.24) is 0 Å². The molecule has 8 heteroatoms. The fourth-order valence-electron chi connectivity index (χ4n) is 3.03. The Kier molecular flexibility index (Phi) is 5.82. The Morgan fingerprint density at radius 2 is 1.79 bits per heavy atom. The number of methoxy groups -OCH3 is 2. The van der Waals surface area contributed by atoms with Crippen LogP contribution in [0.15, 0.2) is 54.3 Å². The predicted molar refractivity (Wildman–Crippen MR) is 111 cm³/mol. The van der Waals surface area contributed by atoms with Crippen LogP contribution in [0.3, 0.4) is 0 Å². The number of amides is 1. The molecule has 4 N–H and O–H groups in total. The molecule has 1 aliphatic heterocycles. The van der Waals surface area contributed by atoms with E-state index >= 15 is 0 Å². The molecule has 0 bridgehead atoms. The molecule has 0 aliphatic carbocycles. The fraction of sp³-hybridized carbons (Fsp3) is 0.190. The summed E-state index contributed by atoms with van der Waals surface area (Å²) in [5, 5.41) is 10.4. The van der Waals surface area contributed by atoms with E-state index in [0.717, 1.165) is 11.3 Å². The zero-order chi connectivity index (χ0) is 21.0. The molecule has 3 rings (SSSR count). The monoisotopic (exact) mass is 394 g/mol. The molecule has 1 heterocycles. The normalized spacial score (nSPS) is 13.4. The molecule has 2 aromatic rings. The van der Waals surface area contributed by atoms with Crippen molar-refractivity contribution in [2.45, 2.75) is 0 Å². The van der Waals surface area contributed by atoms with E-state index in [1.54, 1.807) is 53.4 Å². The number of hydrogen-bond donors (Lipinski definition) is 3. The van der Waals surface area contributed by atoms with Crippen molar-refractivity contribution >= 4 is 34.7 Å². The van der Waals surface area contributed by atoms with E-state index in [2.05, 4.69) is 10.1 Å². The minimum Gasteiger partial charge on any atom is -0.498 e. The van der Waals surface area contributed by atoms with Gasteiger partial charge in [0, 0.05) is 16.9 Å². The summed E-state index contributed by atoms with van der Waals surface area (Å²) in [5.41, 5.74) is 8.72. The van der Waals surface area contributed by atoms with Crippen LogP contribution in [0.2, 0.25) is 0 Å². The molecule has 0 unspecified atom stereocenters. The van der Waals surface area contributed by atoms with E-state index in [0.29, 0.717) is 29.1 Å². The van der Waals surface area contributed by atoms with Crippen LogP contribution in [0.1, 0.15) is 11.1 Å². The number of rotatable bonds is 7. The molecular weight excluding hydrogens is 372 g/mol. The lowest BCUT2D eigenvalue weighted by molar-refractivity contribution is -0.138. The van der Waals surface area contributed by atoms with Gasteiger partial charge >= 0.3 is 5.97 Å². The van der Waals surface area contributed by atoms with Crippen molar-refractivity contribution < 1.29 is 19.1 Å². The van der Waals surface area contributed by atoms with E-state index in [9.17, 15) is 9.59 Å². The van der Waals surface area contributed by atoms with Gasteiger partial charge in [0.2, 0.25) is 0 Å². The average molecular weight is 394 g/mol. The van der Waals surface area contributed by atoms with Crippen molar-refractivity contribution in [2.75, 3.05) is 37.5 Å². The van der Waals surface area contributed by atoms with Crippen LogP contribution in [-0.2, 0) is 19.1 Å². The molecular formula is C21H22N4O4. The second-order valence-corrected chi connectivity index (χ2v) is 6.36. The van der Waals surface area contributed by atoms with Gasteiger partial charge in [-0.25, -0.2) is 0 Å². The van der Waals surface area contributed by atoms with Crippen LogP contribution < -0.4 is 16.0 Å². The van der Waals surface area contributed by atoms with Gasteiger partial charge in [-0.15, -0.1) is 0 Å². The highest BCUT2D eigenvalue weighted by atomic mass is 16.5. The number of carbonyl (C=O) groups is 2. The first kappa shape index (κ1) is 19.9. The number of ether oxygens (including phenoxy) is 2. The number of anilines is 2. The Morgan fingerprint density at radius 3 is 2.34 bits per heavy atom. The topological polar surface area (TPSA) is 118 Å². The Hall–Kier alpha value is -3.81. The molecule has 150 valence electrons. The van der Waals surface area contributed by atoms with E-state index in [-0.39, 0.29) is 24.3 Å². The highest BCUT2D eigenvalue weighted by Crippen LogP contribution is 2.32. The van der Waals surface area contributed by atoms with Crippen LogP contribution in [0.5, 0.6) is 0 Å². The van der Waals surface area contributed by atoms with Gasteiger partial charge in [-0.2, -0.15) is 0 Å². The van der Waals surface area contributed by atoms with E-state index < -0.39 is 0 Å². The third-order valence-electron chi connectivity index (χ3n) is 4.61. The summed E-state index contributed by atoms with van der Waals surface area (Å²) < 4.78 is 10.1. The Bertz CT molecular complexity index is 965. The average Bonchev–Trinajstić information content (AvgIpc) is 3.08. The van der Waals surface area contributed by atoms with E-state index in [4.69, 9.17) is 15.9 Å². The lowest BCUT2D eigenvalue weighted by atomic mass is 10.0.